The normalized spacial score (nSPS) is 11.0. The Morgan fingerprint density at radius 2 is 2.04 bits per heavy atom. The number of fused-ring (bicyclic) bond motifs is 1. The minimum absolute atomic E-state index is 0.0193. The molecule has 0 atom stereocenters. The maximum absolute atomic E-state index is 12.6. The van der Waals surface area contributed by atoms with E-state index < -0.39 is 11.6 Å². The monoisotopic (exact) mass is 355 g/mol. The molecule has 3 N–H and O–H groups in total. The Kier molecular flexibility index (Phi) is 5.01. The summed E-state index contributed by atoms with van der Waals surface area (Å²) in [4.78, 5) is 35.9. The van der Waals surface area contributed by atoms with Gasteiger partial charge in [0.05, 0.1) is 12.3 Å². The summed E-state index contributed by atoms with van der Waals surface area (Å²) >= 11 is 0. The first-order valence-electron chi connectivity index (χ1n) is 8.60. The van der Waals surface area contributed by atoms with E-state index in [1.165, 1.54) is 4.57 Å². The molecular weight excluding hydrogens is 334 g/mol. The second-order valence-electron chi connectivity index (χ2n) is 5.82. The number of aryl methyl sites for hydroxylation is 1. The second kappa shape index (κ2) is 7.38. The number of H-pyrrole nitrogens is 1. The Morgan fingerprint density at radius 1 is 1.27 bits per heavy atom. The SMILES string of the molecule is CCCCc1nc(C(N)=O)c2[nH]c(=O)n(-c3ccccc3OCC)c2n1. The Bertz CT molecular complexity index is 1010. The van der Waals surface area contributed by atoms with Crippen molar-refractivity contribution in [1.29, 1.82) is 0 Å². The molecule has 0 unspecified atom stereocenters. The molecular formula is C18H21N5O3. The number of aromatic nitrogens is 4. The quantitative estimate of drug-likeness (QED) is 0.672. The number of hydrogen-bond acceptors (Lipinski definition) is 5. The molecule has 0 aliphatic carbocycles. The van der Waals surface area contributed by atoms with Crippen molar-refractivity contribution in [2.45, 2.75) is 33.1 Å². The van der Waals surface area contributed by atoms with Crippen LogP contribution in [0.25, 0.3) is 16.9 Å². The molecule has 2 heterocycles. The fraction of sp³-hybridized carbons (Fsp3) is 0.333. The van der Waals surface area contributed by atoms with Gasteiger partial charge in [0.15, 0.2) is 11.3 Å². The van der Waals surface area contributed by atoms with Gasteiger partial charge in [-0.1, -0.05) is 25.5 Å². The molecule has 26 heavy (non-hydrogen) atoms. The van der Waals surface area contributed by atoms with Crippen molar-refractivity contribution in [3.63, 3.8) is 0 Å². The molecule has 136 valence electrons. The smallest absolute Gasteiger partial charge is 0.332 e. The van der Waals surface area contributed by atoms with E-state index in [4.69, 9.17) is 10.5 Å². The maximum Gasteiger partial charge on any atom is 0.332 e. The lowest BCUT2D eigenvalue weighted by molar-refractivity contribution is 0.0996. The molecule has 0 saturated carbocycles. The van der Waals surface area contributed by atoms with Gasteiger partial charge in [-0.3, -0.25) is 4.79 Å². The molecule has 8 nitrogen and oxygen atoms in total. The lowest BCUT2D eigenvalue weighted by Crippen LogP contribution is -2.17. The van der Waals surface area contributed by atoms with Gasteiger partial charge in [-0.25, -0.2) is 19.3 Å². The van der Waals surface area contributed by atoms with Crippen molar-refractivity contribution in [2.24, 2.45) is 5.73 Å². The summed E-state index contributed by atoms with van der Waals surface area (Å²) in [5, 5.41) is 0. The van der Waals surface area contributed by atoms with E-state index >= 15 is 0 Å². The van der Waals surface area contributed by atoms with Crippen LogP contribution in [0.1, 0.15) is 43.0 Å². The van der Waals surface area contributed by atoms with Crippen LogP contribution < -0.4 is 16.2 Å². The van der Waals surface area contributed by atoms with Gasteiger partial charge in [0.25, 0.3) is 5.91 Å². The summed E-state index contributed by atoms with van der Waals surface area (Å²) < 4.78 is 7.02. The van der Waals surface area contributed by atoms with Gasteiger partial charge in [-0.05, 0) is 25.5 Å². The molecule has 3 rings (SSSR count). The third-order valence-corrected chi connectivity index (χ3v) is 3.98. The predicted octanol–water partition coefficient (Wildman–Crippen LogP) is 1.95. The van der Waals surface area contributed by atoms with Gasteiger partial charge < -0.3 is 15.5 Å². The van der Waals surface area contributed by atoms with Crippen molar-refractivity contribution in [1.82, 2.24) is 19.5 Å². The van der Waals surface area contributed by atoms with Crippen LogP contribution >= 0.6 is 0 Å². The van der Waals surface area contributed by atoms with Gasteiger partial charge in [-0.2, -0.15) is 0 Å². The van der Waals surface area contributed by atoms with E-state index in [0.717, 1.165) is 12.8 Å². The first-order valence-corrected chi connectivity index (χ1v) is 8.60. The third kappa shape index (κ3) is 3.17. The van der Waals surface area contributed by atoms with E-state index in [1.807, 2.05) is 13.0 Å². The lowest BCUT2D eigenvalue weighted by Gasteiger charge is -2.11. The van der Waals surface area contributed by atoms with Crippen LogP contribution in [0.3, 0.4) is 0 Å². The average molecular weight is 355 g/mol. The summed E-state index contributed by atoms with van der Waals surface area (Å²) in [6, 6.07) is 7.16. The van der Waals surface area contributed by atoms with Crippen molar-refractivity contribution >= 4 is 17.1 Å². The third-order valence-electron chi connectivity index (χ3n) is 3.98. The zero-order chi connectivity index (χ0) is 18.7. The number of hydrogen-bond donors (Lipinski definition) is 2. The molecule has 3 aromatic rings. The van der Waals surface area contributed by atoms with Crippen LogP contribution in [0.15, 0.2) is 29.1 Å². The number of imidazole rings is 1. The van der Waals surface area contributed by atoms with Crippen LogP contribution in [0.5, 0.6) is 5.75 Å². The maximum atomic E-state index is 12.6. The fourth-order valence-electron chi connectivity index (χ4n) is 2.80. The Balaban J connectivity index is 2.30. The van der Waals surface area contributed by atoms with E-state index in [0.29, 0.717) is 35.9 Å². The fourth-order valence-corrected chi connectivity index (χ4v) is 2.80. The number of para-hydroxylation sites is 2. The van der Waals surface area contributed by atoms with Crippen molar-refractivity contribution in [3.8, 4) is 11.4 Å². The number of rotatable bonds is 7. The number of benzene rings is 1. The van der Waals surface area contributed by atoms with Crippen LogP contribution in [0.4, 0.5) is 0 Å². The summed E-state index contributed by atoms with van der Waals surface area (Å²) in [6.45, 7) is 4.38. The van der Waals surface area contributed by atoms with Gasteiger partial charge in [-0.15, -0.1) is 0 Å². The molecule has 0 spiro atoms. The molecule has 0 aliphatic rings. The minimum Gasteiger partial charge on any atom is -0.492 e. The van der Waals surface area contributed by atoms with E-state index in [9.17, 15) is 9.59 Å². The number of primary amides is 1. The number of ether oxygens (including phenoxy) is 1. The number of nitrogens with one attached hydrogen (secondary N) is 1. The summed E-state index contributed by atoms with van der Waals surface area (Å²) in [5.74, 6) is 0.323. The summed E-state index contributed by atoms with van der Waals surface area (Å²) in [6.07, 6.45) is 2.42. The van der Waals surface area contributed by atoms with E-state index in [2.05, 4.69) is 21.9 Å². The number of aromatic amines is 1. The van der Waals surface area contributed by atoms with Crippen LogP contribution in [-0.4, -0.2) is 32.0 Å². The molecule has 0 bridgehead atoms. The molecule has 0 saturated heterocycles. The lowest BCUT2D eigenvalue weighted by atomic mass is 10.2. The van der Waals surface area contributed by atoms with Crippen molar-refractivity contribution < 1.29 is 9.53 Å². The Hall–Kier alpha value is -3.16. The topological polar surface area (TPSA) is 116 Å². The predicted molar refractivity (Wildman–Crippen MR) is 97.8 cm³/mol. The van der Waals surface area contributed by atoms with Gasteiger partial charge in [0.1, 0.15) is 17.1 Å². The summed E-state index contributed by atoms with van der Waals surface area (Å²) in [5.41, 5.74) is 6.14. The average Bonchev–Trinajstić information content (AvgIpc) is 2.95. The van der Waals surface area contributed by atoms with Crippen LogP contribution in [-0.2, 0) is 6.42 Å². The minimum atomic E-state index is -0.707. The molecule has 1 amide bonds. The van der Waals surface area contributed by atoms with E-state index in [-0.39, 0.29) is 11.2 Å². The molecule has 1 aromatic carbocycles. The number of unbranched alkanes of at least 4 members (excludes halogenated alkanes) is 1. The summed E-state index contributed by atoms with van der Waals surface area (Å²) in [7, 11) is 0. The zero-order valence-electron chi connectivity index (χ0n) is 14.8. The van der Waals surface area contributed by atoms with Crippen LogP contribution in [0, 0.1) is 0 Å². The number of nitrogens with two attached hydrogens (primary N) is 1. The highest BCUT2D eigenvalue weighted by Gasteiger charge is 2.20. The van der Waals surface area contributed by atoms with E-state index in [1.54, 1.807) is 18.2 Å². The highest BCUT2D eigenvalue weighted by Crippen LogP contribution is 2.25. The second-order valence-corrected chi connectivity index (χ2v) is 5.82. The number of carbonyl (C=O) groups excluding carboxylic acids is 1. The van der Waals surface area contributed by atoms with Crippen molar-refractivity contribution in [3.05, 3.63) is 46.3 Å². The van der Waals surface area contributed by atoms with Gasteiger partial charge in [0, 0.05) is 6.42 Å². The molecule has 0 aliphatic heterocycles. The largest absolute Gasteiger partial charge is 0.492 e. The Morgan fingerprint density at radius 3 is 2.73 bits per heavy atom. The zero-order valence-corrected chi connectivity index (χ0v) is 14.8. The highest BCUT2D eigenvalue weighted by atomic mass is 16.5. The van der Waals surface area contributed by atoms with Crippen molar-refractivity contribution in [2.75, 3.05) is 6.61 Å². The molecule has 0 radical (unpaired) electrons. The number of amides is 1. The number of nitrogens with zero attached hydrogens (tertiary/aromatic N) is 3. The number of carbonyl (C=O) groups is 1. The first-order chi connectivity index (χ1) is 12.6. The highest BCUT2D eigenvalue weighted by molar-refractivity contribution is 6.01. The molecule has 0 fully saturated rings. The van der Waals surface area contributed by atoms with Gasteiger partial charge in [0.2, 0.25) is 0 Å². The van der Waals surface area contributed by atoms with Gasteiger partial charge >= 0.3 is 5.69 Å². The Labute approximate surface area is 150 Å². The van der Waals surface area contributed by atoms with Crippen LogP contribution in [0.2, 0.25) is 0 Å². The molecule has 2 aromatic heterocycles. The molecule has 8 heteroatoms. The first kappa shape index (κ1) is 17.7. The standard InChI is InChI=1S/C18H21N5O3/c1-3-5-10-13-20-14(16(19)24)15-17(21-13)23(18(25)22-15)11-8-6-7-9-12(11)26-4-2/h6-9H,3-5,10H2,1-2H3,(H2,19,24)(H,22,25).